The Labute approximate surface area is 126 Å². The normalized spacial score (nSPS) is 12.4. The second kappa shape index (κ2) is 6.55. The summed E-state index contributed by atoms with van der Waals surface area (Å²) < 4.78 is 0. The molecule has 0 radical (unpaired) electrons. The minimum Gasteiger partial charge on any atom is -0.330 e. The third-order valence-electron chi connectivity index (χ3n) is 4.20. The summed E-state index contributed by atoms with van der Waals surface area (Å²) in [7, 11) is 0. The van der Waals surface area contributed by atoms with Crippen molar-refractivity contribution in [1.29, 1.82) is 0 Å². The van der Waals surface area contributed by atoms with Crippen molar-refractivity contribution in [3.8, 4) is 0 Å². The van der Waals surface area contributed by atoms with Gasteiger partial charge in [0.2, 0.25) is 0 Å². The van der Waals surface area contributed by atoms with Crippen LogP contribution in [-0.4, -0.2) is 6.54 Å². The van der Waals surface area contributed by atoms with Gasteiger partial charge in [0.1, 0.15) is 0 Å². The third-order valence-corrected chi connectivity index (χ3v) is 4.20. The van der Waals surface area contributed by atoms with Crippen molar-refractivity contribution in [3.63, 3.8) is 0 Å². The molecule has 2 N–H and O–H groups in total. The molecule has 3 aromatic rings. The van der Waals surface area contributed by atoms with Gasteiger partial charge in [0.05, 0.1) is 0 Å². The molecule has 0 saturated carbocycles. The van der Waals surface area contributed by atoms with E-state index < -0.39 is 0 Å². The first kappa shape index (κ1) is 13.8. The molecule has 0 fully saturated rings. The average Bonchev–Trinajstić information content (AvgIpc) is 2.56. The van der Waals surface area contributed by atoms with Gasteiger partial charge >= 0.3 is 0 Å². The highest BCUT2D eigenvalue weighted by Gasteiger charge is 2.10. The number of nitrogens with two attached hydrogens (primary N) is 1. The summed E-state index contributed by atoms with van der Waals surface area (Å²) in [6, 6.07) is 25.8. The highest BCUT2D eigenvalue weighted by molar-refractivity contribution is 5.85. The molecule has 0 amide bonds. The van der Waals surface area contributed by atoms with Crippen LogP contribution >= 0.6 is 0 Å². The first-order valence-electron chi connectivity index (χ1n) is 7.60. The monoisotopic (exact) mass is 275 g/mol. The lowest BCUT2D eigenvalue weighted by atomic mass is 9.91. The van der Waals surface area contributed by atoms with Crippen LogP contribution in [0.15, 0.2) is 72.8 Å². The van der Waals surface area contributed by atoms with E-state index in [1.54, 1.807) is 0 Å². The fourth-order valence-electron chi connectivity index (χ4n) is 2.99. The maximum absolute atomic E-state index is 5.98. The zero-order valence-electron chi connectivity index (χ0n) is 12.2. The van der Waals surface area contributed by atoms with Crippen LogP contribution in [0.1, 0.15) is 23.5 Å². The van der Waals surface area contributed by atoms with Crippen LogP contribution < -0.4 is 5.73 Å². The molecule has 3 aromatic carbocycles. The van der Waals surface area contributed by atoms with Crippen molar-refractivity contribution in [1.82, 2.24) is 0 Å². The third kappa shape index (κ3) is 3.14. The van der Waals surface area contributed by atoms with Crippen molar-refractivity contribution < 1.29 is 0 Å². The molecule has 0 aliphatic rings. The topological polar surface area (TPSA) is 26.0 Å². The van der Waals surface area contributed by atoms with Gasteiger partial charge in [-0.1, -0.05) is 72.8 Å². The fraction of sp³-hybridized carbons (Fsp3) is 0.200. The van der Waals surface area contributed by atoms with Crippen molar-refractivity contribution in [2.24, 2.45) is 5.73 Å². The zero-order valence-corrected chi connectivity index (χ0v) is 12.2. The zero-order chi connectivity index (χ0) is 14.5. The molecule has 1 nitrogen and oxygen atoms in total. The van der Waals surface area contributed by atoms with Crippen LogP contribution in [0.2, 0.25) is 0 Å². The second-order valence-corrected chi connectivity index (χ2v) is 5.52. The van der Waals surface area contributed by atoms with Gasteiger partial charge in [-0.3, -0.25) is 0 Å². The van der Waals surface area contributed by atoms with E-state index in [1.807, 2.05) is 0 Å². The summed E-state index contributed by atoms with van der Waals surface area (Å²) in [5, 5.41) is 2.68. The molecule has 0 saturated heterocycles. The summed E-state index contributed by atoms with van der Waals surface area (Å²) in [5.41, 5.74) is 8.75. The van der Waals surface area contributed by atoms with Gasteiger partial charge < -0.3 is 5.73 Å². The predicted octanol–water partition coefficient (Wildman–Crippen LogP) is 4.51. The van der Waals surface area contributed by atoms with Gasteiger partial charge in [0.15, 0.2) is 0 Å². The lowest BCUT2D eigenvalue weighted by Crippen LogP contribution is -2.13. The number of aryl methyl sites for hydroxylation is 1. The summed E-state index contributed by atoms with van der Waals surface area (Å²) >= 11 is 0. The van der Waals surface area contributed by atoms with E-state index in [-0.39, 0.29) is 0 Å². The van der Waals surface area contributed by atoms with Crippen LogP contribution in [0, 0.1) is 0 Å². The number of fused-ring (bicyclic) bond motifs is 1. The van der Waals surface area contributed by atoms with Gasteiger partial charge in [-0.25, -0.2) is 0 Å². The lowest BCUT2D eigenvalue weighted by Gasteiger charge is -2.16. The Hall–Kier alpha value is -2.12. The van der Waals surface area contributed by atoms with Crippen molar-refractivity contribution in [2.45, 2.75) is 18.8 Å². The van der Waals surface area contributed by atoms with E-state index >= 15 is 0 Å². The van der Waals surface area contributed by atoms with E-state index in [1.165, 1.54) is 21.9 Å². The van der Waals surface area contributed by atoms with E-state index in [9.17, 15) is 0 Å². The maximum atomic E-state index is 5.98. The molecule has 0 aliphatic heterocycles. The number of hydrogen-bond acceptors (Lipinski definition) is 1. The highest BCUT2D eigenvalue weighted by Crippen LogP contribution is 2.24. The molecule has 1 unspecified atom stereocenters. The molecule has 0 spiro atoms. The Morgan fingerprint density at radius 2 is 1.48 bits per heavy atom. The Balaban J connectivity index is 1.79. The minimum atomic E-state index is 0.435. The molecule has 0 aliphatic carbocycles. The Morgan fingerprint density at radius 3 is 2.29 bits per heavy atom. The molecule has 1 atom stereocenters. The Kier molecular flexibility index (Phi) is 4.32. The van der Waals surface area contributed by atoms with Crippen LogP contribution in [-0.2, 0) is 6.42 Å². The molecule has 1 heteroatoms. The lowest BCUT2D eigenvalue weighted by molar-refractivity contribution is 0.635. The summed E-state index contributed by atoms with van der Waals surface area (Å²) in [6.45, 7) is 0.703. The van der Waals surface area contributed by atoms with Gasteiger partial charge in [-0.15, -0.1) is 0 Å². The van der Waals surface area contributed by atoms with Crippen molar-refractivity contribution in [2.75, 3.05) is 6.54 Å². The molecular weight excluding hydrogens is 254 g/mol. The van der Waals surface area contributed by atoms with E-state index in [4.69, 9.17) is 5.73 Å². The van der Waals surface area contributed by atoms with Gasteiger partial charge in [0, 0.05) is 0 Å². The van der Waals surface area contributed by atoms with Crippen LogP contribution in [0.25, 0.3) is 10.8 Å². The second-order valence-electron chi connectivity index (χ2n) is 5.52. The first-order valence-corrected chi connectivity index (χ1v) is 7.60. The Morgan fingerprint density at radius 1 is 0.762 bits per heavy atom. The average molecular weight is 275 g/mol. The maximum Gasteiger partial charge on any atom is -0.000812 e. The van der Waals surface area contributed by atoms with Gasteiger partial charge in [-0.05, 0) is 47.2 Å². The predicted molar refractivity (Wildman–Crippen MR) is 90.5 cm³/mol. The largest absolute Gasteiger partial charge is 0.330 e. The highest BCUT2D eigenvalue weighted by atomic mass is 14.5. The Bertz CT molecular complexity index is 698. The molecule has 0 bridgehead atoms. The number of hydrogen-bond donors (Lipinski definition) is 1. The van der Waals surface area contributed by atoms with Crippen molar-refractivity contribution in [3.05, 3.63) is 83.9 Å². The van der Waals surface area contributed by atoms with Gasteiger partial charge in [0.25, 0.3) is 0 Å². The molecule has 0 heterocycles. The fourth-order valence-corrected chi connectivity index (χ4v) is 2.99. The van der Waals surface area contributed by atoms with E-state index in [0.717, 1.165) is 12.8 Å². The minimum absolute atomic E-state index is 0.435. The standard InChI is InChI=1S/C20H21N/c21-15-19(16-7-2-1-3-8-16)14-13-18-11-6-10-17-9-4-5-12-20(17)18/h1-12,19H,13-15,21H2. The molecule has 106 valence electrons. The number of rotatable bonds is 5. The molecule has 3 rings (SSSR count). The summed E-state index contributed by atoms with van der Waals surface area (Å²) in [6.07, 6.45) is 2.16. The first-order chi connectivity index (χ1) is 10.4. The van der Waals surface area contributed by atoms with Crippen LogP contribution in [0.5, 0.6) is 0 Å². The SMILES string of the molecule is NCC(CCc1cccc2ccccc12)c1ccccc1. The number of benzene rings is 3. The molecule has 0 aromatic heterocycles. The molecule has 21 heavy (non-hydrogen) atoms. The summed E-state index contributed by atoms with van der Waals surface area (Å²) in [5.74, 6) is 0.435. The van der Waals surface area contributed by atoms with Crippen molar-refractivity contribution >= 4 is 10.8 Å². The van der Waals surface area contributed by atoms with Crippen LogP contribution in [0.3, 0.4) is 0 Å². The quantitative estimate of drug-likeness (QED) is 0.728. The van der Waals surface area contributed by atoms with E-state index in [0.29, 0.717) is 12.5 Å². The van der Waals surface area contributed by atoms with Gasteiger partial charge in [-0.2, -0.15) is 0 Å². The van der Waals surface area contributed by atoms with Crippen LogP contribution in [0.4, 0.5) is 0 Å². The summed E-state index contributed by atoms with van der Waals surface area (Å²) in [4.78, 5) is 0. The molecular formula is C20H21N. The smallest absolute Gasteiger partial charge is 0.000812 e. The van der Waals surface area contributed by atoms with E-state index in [2.05, 4.69) is 72.8 Å².